The second kappa shape index (κ2) is 5.66. The fraction of sp³-hybridized carbons (Fsp3) is 0.636. The second-order valence-corrected chi connectivity index (χ2v) is 4.38. The van der Waals surface area contributed by atoms with Gasteiger partial charge in [-0.05, 0) is 13.7 Å². The maximum Gasteiger partial charge on any atom is 0.330 e. The first-order valence-electron chi connectivity index (χ1n) is 5.87. The molecule has 0 bridgehead atoms. The van der Waals surface area contributed by atoms with E-state index in [4.69, 9.17) is 9.47 Å². The molecule has 2 N–H and O–H groups in total. The van der Waals surface area contributed by atoms with E-state index in [0.29, 0.717) is 6.42 Å². The van der Waals surface area contributed by atoms with Gasteiger partial charge in [0, 0.05) is 18.7 Å². The Bertz CT molecular complexity index is 536. The molecule has 4 atom stereocenters. The standard InChI is InChI=1S/C11H15N2O6/c1-6(15)7-4-8(18-5-14)10(19-7)13-3-2-9(16)12-11(13)17/h2-3,6-8,10,15H,4-5H2,1H3,(H,12,16,17)/q-1/t6-,7-,8+,10+/m0/s1. The lowest BCUT2D eigenvalue weighted by Gasteiger charge is -2.22. The van der Waals surface area contributed by atoms with E-state index in [-0.39, 0.29) is 0 Å². The molecule has 106 valence electrons. The van der Waals surface area contributed by atoms with Gasteiger partial charge < -0.3 is 19.7 Å². The molecule has 2 rings (SSSR count). The quantitative estimate of drug-likeness (QED) is 0.606. The normalized spacial score (nSPS) is 28.5. The summed E-state index contributed by atoms with van der Waals surface area (Å²) in [5, 5.41) is 20.1. The van der Waals surface area contributed by atoms with Crippen LogP contribution in [0.3, 0.4) is 0 Å². The predicted octanol–water partition coefficient (Wildman–Crippen LogP) is -2.09. The van der Waals surface area contributed by atoms with Crippen molar-refractivity contribution in [3.8, 4) is 0 Å². The Labute approximate surface area is 108 Å². The lowest BCUT2D eigenvalue weighted by Crippen LogP contribution is -2.36. The van der Waals surface area contributed by atoms with Crippen LogP contribution in [0.4, 0.5) is 0 Å². The maximum atomic E-state index is 11.7. The molecule has 1 fully saturated rings. The van der Waals surface area contributed by atoms with Crippen LogP contribution in [-0.4, -0.2) is 39.8 Å². The van der Waals surface area contributed by atoms with Crippen molar-refractivity contribution in [3.63, 3.8) is 0 Å². The highest BCUT2D eigenvalue weighted by Gasteiger charge is 2.39. The topological polar surface area (TPSA) is 117 Å². The van der Waals surface area contributed by atoms with Crippen molar-refractivity contribution in [2.75, 3.05) is 6.79 Å². The van der Waals surface area contributed by atoms with Gasteiger partial charge in [-0.15, -0.1) is 0 Å². The Balaban J connectivity index is 2.30. The zero-order valence-electron chi connectivity index (χ0n) is 10.3. The monoisotopic (exact) mass is 271 g/mol. The molecule has 1 aliphatic rings. The van der Waals surface area contributed by atoms with E-state index in [1.54, 1.807) is 6.92 Å². The van der Waals surface area contributed by atoms with Gasteiger partial charge in [0.2, 0.25) is 0 Å². The molecular formula is C11H15N2O6-. The summed E-state index contributed by atoms with van der Waals surface area (Å²) < 4.78 is 11.7. The third kappa shape index (κ3) is 2.92. The third-order valence-electron chi connectivity index (χ3n) is 3.04. The Morgan fingerprint density at radius 3 is 3.00 bits per heavy atom. The highest BCUT2D eigenvalue weighted by Crippen LogP contribution is 2.31. The summed E-state index contributed by atoms with van der Waals surface area (Å²) in [5.74, 6) is 0. The Morgan fingerprint density at radius 2 is 2.42 bits per heavy atom. The summed E-state index contributed by atoms with van der Waals surface area (Å²) in [6.07, 6.45) is -1.17. The number of hydrogen-bond donors (Lipinski definition) is 2. The van der Waals surface area contributed by atoms with Crippen LogP contribution in [0.1, 0.15) is 19.6 Å². The Hall–Kier alpha value is -1.48. The third-order valence-corrected chi connectivity index (χ3v) is 3.04. The molecule has 19 heavy (non-hydrogen) atoms. The van der Waals surface area contributed by atoms with Crippen molar-refractivity contribution in [2.45, 2.75) is 37.9 Å². The molecule has 1 aliphatic heterocycles. The van der Waals surface area contributed by atoms with Crippen molar-refractivity contribution in [1.29, 1.82) is 0 Å². The molecule has 0 unspecified atom stereocenters. The average Bonchev–Trinajstić information content (AvgIpc) is 2.74. The zero-order valence-corrected chi connectivity index (χ0v) is 10.3. The van der Waals surface area contributed by atoms with Crippen molar-refractivity contribution in [1.82, 2.24) is 9.55 Å². The molecule has 8 nitrogen and oxygen atoms in total. The summed E-state index contributed by atoms with van der Waals surface area (Å²) in [6.45, 7) is 0.784. The van der Waals surface area contributed by atoms with Crippen molar-refractivity contribution in [2.24, 2.45) is 0 Å². The number of aliphatic hydroxyl groups excluding tert-OH is 1. The minimum atomic E-state index is -0.835. The van der Waals surface area contributed by atoms with Gasteiger partial charge >= 0.3 is 5.69 Å². The molecule has 0 spiro atoms. The molecule has 0 radical (unpaired) electrons. The van der Waals surface area contributed by atoms with Gasteiger partial charge in [-0.3, -0.25) is 14.3 Å². The lowest BCUT2D eigenvalue weighted by molar-refractivity contribution is -0.439. The largest absolute Gasteiger partial charge is 0.834 e. The number of rotatable bonds is 4. The molecule has 0 amide bonds. The molecule has 8 heteroatoms. The first kappa shape index (κ1) is 13.9. The van der Waals surface area contributed by atoms with Gasteiger partial charge in [-0.2, -0.15) is 0 Å². The zero-order chi connectivity index (χ0) is 14.0. The predicted molar refractivity (Wildman–Crippen MR) is 61.3 cm³/mol. The highest BCUT2D eigenvalue weighted by molar-refractivity contribution is 4.90. The van der Waals surface area contributed by atoms with Crippen LogP contribution in [-0.2, 0) is 9.47 Å². The van der Waals surface area contributed by atoms with Gasteiger partial charge in [0.25, 0.3) is 5.56 Å². The van der Waals surface area contributed by atoms with Crippen LogP contribution < -0.4 is 16.4 Å². The van der Waals surface area contributed by atoms with Crippen molar-refractivity contribution in [3.05, 3.63) is 33.1 Å². The molecule has 0 aliphatic carbocycles. The fourth-order valence-electron chi connectivity index (χ4n) is 2.09. The highest BCUT2D eigenvalue weighted by atomic mass is 16.6. The number of ether oxygens (including phenoxy) is 2. The van der Waals surface area contributed by atoms with Crippen LogP contribution in [0.2, 0.25) is 0 Å². The van der Waals surface area contributed by atoms with E-state index >= 15 is 0 Å². The molecule has 0 aromatic carbocycles. The minimum Gasteiger partial charge on any atom is -0.834 e. The summed E-state index contributed by atoms with van der Waals surface area (Å²) >= 11 is 0. The molecular weight excluding hydrogens is 256 g/mol. The van der Waals surface area contributed by atoms with E-state index in [1.165, 1.54) is 12.3 Å². The number of aromatic amines is 1. The molecule has 2 heterocycles. The number of H-pyrrole nitrogens is 1. The molecule has 1 saturated heterocycles. The minimum absolute atomic E-state index is 0.302. The number of nitrogens with one attached hydrogen (secondary N) is 1. The van der Waals surface area contributed by atoms with Gasteiger partial charge in [0.05, 0.1) is 12.2 Å². The Kier molecular flexibility index (Phi) is 4.15. The fourth-order valence-corrected chi connectivity index (χ4v) is 2.09. The smallest absolute Gasteiger partial charge is 0.330 e. The van der Waals surface area contributed by atoms with E-state index in [0.717, 1.165) is 4.57 Å². The summed E-state index contributed by atoms with van der Waals surface area (Å²) in [5.41, 5.74) is -1.17. The van der Waals surface area contributed by atoms with E-state index in [2.05, 4.69) is 4.98 Å². The summed E-state index contributed by atoms with van der Waals surface area (Å²) in [4.78, 5) is 24.8. The molecule has 1 aromatic heterocycles. The van der Waals surface area contributed by atoms with E-state index in [9.17, 15) is 19.8 Å². The van der Waals surface area contributed by atoms with Gasteiger partial charge in [-0.1, -0.05) is 0 Å². The number of aromatic nitrogens is 2. The summed E-state index contributed by atoms with van der Waals surface area (Å²) in [7, 11) is 0. The average molecular weight is 271 g/mol. The van der Waals surface area contributed by atoms with Crippen molar-refractivity contribution >= 4 is 0 Å². The second-order valence-electron chi connectivity index (χ2n) is 4.38. The first-order valence-corrected chi connectivity index (χ1v) is 5.87. The maximum absolute atomic E-state index is 11.7. The van der Waals surface area contributed by atoms with Gasteiger partial charge in [0.15, 0.2) is 6.23 Å². The van der Waals surface area contributed by atoms with Crippen LogP contribution in [0.5, 0.6) is 0 Å². The molecule has 0 saturated carbocycles. The van der Waals surface area contributed by atoms with Crippen LogP contribution in [0, 0.1) is 0 Å². The number of aliphatic hydroxyl groups is 1. The first-order chi connectivity index (χ1) is 9.02. The number of nitrogens with zero attached hydrogens (tertiary/aromatic N) is 1. The van der Waals surface area contributed by atoms with Crippen LogP contribution >= 0.6 is 0 Å². The van der Waals surface area contributed by atoms with Crippen LogP contribution in [0.15, 0.2) is 21.9 Å². The molecule has 1 aromatic rings. The van der Waals surface area contributed by atoms with Gasteiger partial charge in [-0.25, -0.2) is 4.79 Å². The van der Waals surface area contributed by atoms with Crippen molar-refractivity contribution < 1.29 is 19.7 Å². The summed E-state index contributed by atoms with van der Waals surface area (Å²) in [6, 6.07) is 1.18. The van der Waals surface area contributed by atoms with E-state index in [1.807, 2.05) is 0 Å². The number of hydrogen-bond acceptors (Lipinski definition) is 6. The lowest BCUT2D eigenvalue weighted by atomic mass is 10.1. The van der Waals surface area contributed by atoms with Crippen LogP contribution in [0.25, 0.3) is 0 Å². The van der Waals surface area contributed by atoms with Gasteiger partial charge in [0.1, 0.15) is 6.10 Å². The SMILES string of the molecule is C[C@H](O)[C@@H]1C[C@@H](OC[O-])[C@H](n2ccc(=O)[nH]c2=O)O1. The van der Waals surface area contributed by atoms with E-state index < -0.39 is 42.6 Å². The Morgan fingerprint density at radius 1 is 1.68 bits per heavy atom.